The fourth-order valence-corrected chi connectivity index (χ4v) is 7.75. The van der Waals surface area contributed by atoms with Gasteiger partial charge in [0.25, 0.3) is 5.91 Å². The molecule has 4 fully saturated rings. The summed E-state index contributed by atoms with van der Waals surface area (Å²) < 4.78 is 34.7. The van der Waals surface area contributed by atoms with Crippen molar-refractivity contribution < 1.29 is 23.4 Å². The maximum atomic E-state index is 14.4. The summed E-state index contributed by atoms with van der Waals surface area (Å²) in [4.78, 5) is 26.5. The summed E-state index contributed by atoms with van der Waals surface area (Å²) in [6.45, 7) is 5.71. The van der Waals surface area contributed by atoms with E-state index >= 15 is 0 Å². The van der Waals surface area contributed by atoms with Crippen LogP contribution >= 0.6 is 0 Å². The number of fused-ring (bicyclic) bond motifs is 1. The summed E-state index contributed by atoms with van der Waals surface area (Å²) in [5.74, 6) is -1.95. The number of aromatic nitrogens is 2. The lowest BCUT2D eigenvalue weighted by Gasteiger charge is -2.35. The molecule has 1 aliphatic heterocycles. The Kier molecular flexibility index (Phi) is 6.58. The Labute approximate surface area is 251 Å². The van der Waals surface area contributed by atoms with Gasteiger partial charge in [0, 0.05) is 49.5 Å². The van der Waals surface area contributed by atoms with Crippen LogP contribution in [-0.4, -0.2) is 65.9 Å². The third-order valence-electron chi connectivity index (χ3n) is 10.4. The molecule has 9 nitrogen and oxygen atoms in total. The summed E-state index contributed by atoms with van der Waals surface area (Å²) >= 11 is 0. The van der Waals surface area contributed by atoms with Crippen molar-refractivity contribution in [1.82, 2.24) is 15.3 Å². The molecule has 1 aromatic heterocycles. The molecule has 4 saturated carbocycles. The number of anilines is 4. The molecule has 3 atom stereocenters. The van der Waals surface area contributed by atoms with Gasteiger partial charge in [0.1, 0.15) is 18.2 Å². The number of benzene rings is 1. The smallest absolute Gasteiger partial charge is 0.251 e. The minimum Gasteiger partial charge on any atom is -0.506 e. The Morgan fingerprint density at radius 3 is 2.65 bits per heavy atom. The third kappa shape index (κ3) is 5.60. The molecule has 2 heterocycles. The van der Waals surface area contributed by atoms with E-state index in [2.05, 4.69) is 34.4 Å². The van der Waals surface area contributed by atoms with Crippen LogP contribution in [0.5, 0.6) is 5.75 Å². The minimum atomic E-state index is -2.62. The van der Waals surface area contributed by atoms with Gasteiger partial charge in [-0.05, 0) is 74.0 Å². The molecule has 1 amide bonds. The Hall–Kier alpha value is -3.21. The van der Waals surface area contributed by atoms with E-state index in [-0.39, 0.29) is 47.9 Å². The Morgan fingerprint density at radius 2 is 1.95 bits per heavy atom. The number of nitrogens with zero attached hydrogens (tertiary/aromatic N) is 4. The van der Waals surface area contributed by atoms with Crippen molar-refractivity contribution in [2.24, 2.45) is 16.2 Å². The second-order valence-electron chi connectivity index (χ2n) is 14.8. The molecule has 0 saturated heterocycles. The first-order valence-electron chi connectivity index (χ1n) is 15.6. The van der Waals surface area contributed by atoms with E-state index in [1.807, 2.05) is 11.9 Å². The van der Waals surface area contributed by atoms with Gasteiger partial charge in [-0.25, -0.2) is 13.8 Å². The first kappa shape index (κ1) is 28.6. The van der Waals surface area contributed by atoms with Gasteiger partial charge in [-0.3, -0.25) is 4.79 Å². The Balaban J connectivity index is 1.13. The molecule has 2 aromatic rings. The average molecular weight is 597 g/mol. The summed E-state index contributed by atoms with van der Waals surface area (Å²) in [7, 11) is 1.91. The van der Waals surface area contributed by atoms with Crippen LogP contribution in [0, 0.1) is 16.2 Å². The number of ether oxygens (including phenoxy) is 1. The molecule has 2 spiro atoms. The van der Waals surface area contributed by atoms with Crippen molar-refractivity contribution in [3.05, 3.63) is 30.0 Å². The highest BCUT2D eigenvalue weighted by Crippen LogP contribution is 2.65. The van der Waals surface area contributed by atoms with E-state index in [9.17, 15) is 18.7 Å². The van der Waals surface area contributed by atoms with Crippen molar-refractivity contribution in [3.63, 3.8) is 0 Å². The van der Waals surface area contributed by atoms with Crippen LogP contribution in [0.3, 0.4) is 0 Å². The second kappa shape index (κ2) is 9.90. The van der Waals surface area contributed by atoms with E-state index in [0.29, 0.717) is 55.2 Å². The molecule has 11 heteroatoms. The standard InChI is InChI=1S/C32H42F2N6O3/c1-29(2)17-40(25-14-31(25)10-11-32(33,34)16-31)26-23(39(3)19-43-18-29)15-35-28(38-26)37-22-5-4-20(12-24(22)41)27(42)36-21-6-7-30(13-21)8-9-30/h4-5,12,15,21,25,41H,6-11,13-14,16-19H2,1-3H3,(H,36,42)(H,35,37,38). The zero-order chi connectivity index (χ0) is 30.2. The molecular formula is C32H42F2N6O3. The zero-order valence-corrected chi connectivity index (χ0v) is 25.3. The SMILES string of the molecule is CN1COCC(C)(C)CN(C2CC23CCC(F)(F)C3)c2nc(Nc3ccc(C(=O)NC4CCC5(CC5)C4)cc3O)ncc21. The van der Waals surface area contributed by atoms with Crippen LogP contribution in [0.1, 0.15) is 82.0 Å². The fourth-order valence-electron chi connectivity index (χ4n) is 7.75. The number of hydrogen-bond acceptors (Lipinski definition) is 8. The van der Waals surface area contributed by atoms with E-state index in [1.165, 1.54) is 25.3 Å². The van der Waals surface area contributed by atoms with Gasteiger partial charge in [0.15, 0.2) is 5.82 Å². The summed E-state index contributed by atoms with van der Waals surface area (Å²) in [5, 5.41) is 17.1. The molecule has 1 aromatic carbocycles. The molecule has 0 bridgehead atoms. The number of phenolic OH excluding ortho intramolecular Hbond substituents is 1. The van der Waals surface area contributed by atoms with E-state index in [0.717, 1.165) is 18.5 Å². The van der Waals surface area contributed by atoms with Gasteiger partial charge in [-0.2, -0.15) is 4.98 Å². The summed E-state index contributed by atoms with van der Waals surface area (Å²) in [5.41, 5.74) is 1.35. The molecule has 5 aliphatic rings. The van der Waals surface area contributed by atoms with E-state index < -0.39 is 11.3 Å². The first-order chi connectivity index (χ1) is 20.4. The van der Waals surface area contributed by atoms with Gasteiger partial charge >= 0.3 is 0 Å². The van der Waals surface area contributed by atoms with E-state index in [1.54, 1.807) is 18.3 Å². The lowest BCUT2D eigenvalue weighted by Crippen LogP contribution is -2.40. The molecule has 3 unspecified atom stereocenters. The van der Waals surface area contributed by atoms with Gasteiger partial charge in [-0.1, -0.05) is 13.8 Å². The van der Waals surface area contributed by atoms with Crippen molar-refractivity contribution >= 4 is 29.0 Å². The highest BCUT2D eigenvalue weighted by molar-refractivity contribution is 5.95. The van der Waals surface area contributed by atoms with Crippen molar-refractivity contribution in [3.8, 4) is 5.75 Å². The van der Waals surface area contributed by atoms with Crippen molar-refractivity contribution in [1.29, 1.82) is 0 Å². The molecule has 7 rings (SSSR count). The maximum Gasteiger partial charge on any atom is 0.251 e. The number of nitrogens with one attached hydrogen (secondary N) is 2. The molecule has 43 heavy (non-hydrogen) atoms. The maximum absolute atomic E-state index is 14.4. The molecule has 0 radical (unpaired) electrons. The number of alkyl halides is 2. The van der Waals surface area contributed by atoms with Crippen LogP contribution in [-0.2, 0) is 4.74 Å². The lowest BCUT2D eigenvalue weighted by molar-refractivity contribution is 0.00326. The van der Waals surface area contributed by atoms with Crippen molar-refractivity contribution in [2.45, 2.75) is 89.6 Å². The largest absolute Gasteiger partial charge is 0.506 e. The Morgan fingerprint density at radius 1 is 1.14 bits per heavy atom. The lowest BCUT2D eigenvalue weighted by atomic mass is 9.93. The van der Waals surface area contributed by atoms with Gasteiger partial charge < -0.3 is 30.3 Å². The van der Waals surface area contributed by atoms with Crippen LogP contribution in [0.4, 0.5) is 31.9 Å². The van der Waals surface area contributed by atoms with Gasteiger partial charge in [-0.15, -0.1) is 0 Å². The number of carbonyl (C=O) groups is 1. The monoisotopic (exact) mass is 596 g/mol. The summed E-state index contributed by atoms with van der Waals surface area (Å²) in [6.07, 6.45) is 8.54. The van der Waals surface area contributed by atoms with Crippen LogP contribution < -0.4 is 20.4 Å². The average Bonchev–Trinajstić information content (AvgIpc) is 3.77. The topological polar surface area (TPSA) is 103 Å². The van der Waals surface area contributed by atoms with Crippen LogP contribution in [0.2, 0.25) is 0 Å². The highest BCUT2D eigenvalue weighted by atomic mass is 19.3. The molecule has 232 valence electrons. The summed E-state index contributed by atoms with van der Waals surface area (Å²) in [6, 6.07) is 4.95. The number of phenols is 1. The normalized spacial score (nSPS) is 30.0. The highest BCUT2D eigenvalue weighted by Gasteiger charge is 2.65. The predicted molar refractivity (Wildman–Crippen MR) is 160 cm³/mol. The predicted octanol–water partition coefficient (Wildman–Crippen LogP) is 5.82. The van der Waals surface area contributed by atoms with Gasteiger partial charge in [0.2, 0.25) is 11.9 Å². The Bertz CT molecular complexity index is 1430. The van der Waals surface area contributed by atoms with Crippen molar-refractivity contribution in [2.75, 3.05) is 42.0 Å². The number of hydrogen-bond donors (Lipinski definition) is 3. The number of halogens is 2. The molecule has 3 N–H and O–H groups in total. The third-order valence-corrected chi connectivity index (χ3v) is 10.4. The quantitative estimate of drug-likeness (QED) is 0.371. The first-order valence-corrected chi connectivity index (χ1v) is 15.6. The number of amides is 1. The van der Waals surface area contributed by atoms with Crippen LogP contribution in [0.15, 0.2) is 24.4 Å². The number of aromatic hydroxyl groups is 1. The number of rotatable bonds is 5. The van der Waals surface area contributed by atoms with E-state index in [4.69, 9.17) is 9.72 Å². The fraction of sp³-hybridized carbons (Fsp3) is 0.656. The molecular weight excluding hydrogens is 554 g/mol. The minimum absolute atomic E-state index is 0.0472. The zero-order valence-electron chi connectivity index (χ0n) is 25.3. The molecule has 4 aliphatic carbocycles. The second-order valence-corrected chi connectivity index (χ2v) is 14.8. The van der Waals surface area contributed by atoms with Gasteiger partial charge in [0.05, 0.1) is 18.5 Å². The van der Waals surface area contributed by atoms with Crippen LogP contribution in [0.25, 0.3) is 0 Å². The number of carbonyl (C=O) groups excluding carboxylic acids is 1.